The van der Waals surface area contributed by atoms with Crippen molar-refractivity contribution in [3.05, 3.63) is 53.6 Å². The number of alkyl halides is 3. The van der Waals surface area contributed by atoms with Crippen LogP contribution in [0.3, 0.4) is 0 Å². The van der Waals surface area contributed by atoms with E-state index in [-0.39, 0.29) is 16.7 Å². The summed E-state index contributed by atoms with van der Waals surface area (Å²) < 4.78 is 70.7. The summed E-state index contributed by atoms with van der Waals surface area (Å²) in [4.78, 5) is 2.89. The van der Waals surface area contributed by atoms with Gasteiger partial charge in [-0.1, -0.05) is 12.1 Å². The van der Waals surface area contributed by atoms with Crippen LogP contribution in [0.1, 0.15) is 11.1 Å². The third-order valence-corrected chi connectivity index (χ3v) is 4.60. The van der Waals surface area contributed by atoms with E-state index < -0.39 is 32.7 Å². The minimum absolute atomic E-state index is 0.181. The van der Waals surface area contributed by atoms with Crippen LogP contribution in [-0.2, 0) is 16.2 Å². The van der Waals surface area contributed by atoms with Gasteiger partial charge in [0.1, 0.15) is 5.52 Å². The van der Waals surface area contributed by atoms with E-state index in [1.807, 2.05) is 10.8 Å². The lowest BCUT2D eigenvalue weighted by atomic mass is 10.2. The van der Waals surface area contributed by atoms with E-state index in [2.05, 4.69) is 4.98 Å². The Kier molecular flexibility index (Phi) is 3.88. The standard InChI is InChI=1S/C15H8F3N3O3S/c16-15(17,18)10-3-1-2-4-13(10)25(22,23)21-14-20-11-7-9(8-19)5-6-12(11)24-14/h1-7H,(H,20,21). The molecule has 0 amide bonds. The Balaban J connectivity index is 2.02. The molecule has 0 aliphatic heterocycles. The highest BCUT2D eigenvalue weighted by molar-refractivity contribution is 7.92. The number of aromatic nitrogens is 1. The van der Waals surface area contributed by atoms with Crippen molar-refractivity contribution in [2.24, 2.45) is 0 Å². The average molecular weight is 367 g/mol. The van der Waals surface area contributed by atoms with Gasteiger partial charge in [-0.15, -0.1) is 0 Å². The second-order valence-electron chi connectivity index (χ2n) is 4.91. The molecule has 2 aromatic carbocycles. The molecule has 0 fully saturated rings. The predicted octanol–water partition coefficient (Wildman–Crippen LogP) is 3.52. The first-order valence-electron chi connectivity index (χ1n) is 6.70. The normalized spacial score (nSPS) is 12.1. The lowest BCUT2D eigenvalue weighted by Gasteiger charge is -2.12. The number of fused-ring (bicyclic) bond motifs is 1. The molecule has 0 unspecified atom stereocenters. The van der Waals surface area contributed by atoms with Gasteiger partial charge in [0.05, 0.1) is 22.1 Å². The first-order valence-corrected chi connectivity index (χ1v) is 8.19. The number of rotatable bonds is 3. The van der Waals surface area contributed by atoms with Crippen molar-refractivity contribution < 1.29 is 26.0 Å². The van der Waals surface area contributed by atoms with Crippen LogP contribution in [0.5, 0.6) is 0 Å². The van der Waals surface area contributed by atoms with E-state index >= 15 is 0 Å². The topological polar surface area (TPSA) is 96.0 Å². The third-order valence-electron chi connectivity index (χ3n) is 3.22. The molecule has 1 N–H and O–H groups in total. The fourth-order valence-corrected chi connectivity index (χ4v) is 3.30. The van der Waals surface area contributed by atoms with Crippen molar-refractivity contribution in [3.8, 4) is 6.07 Å². The number of nitriles is 1. The minimum Gasteiger partial charge on any atom is -0.423 e. The number of hydrogen-bond donors (Lipinski definition) is 1. The van der Waals surface area contributed by atoms with E-state index in [1.165, 1.54) is 24.3 Å². The highest BCUT2D eigenvalue weighted by Crippen LogP contribution is 2.34. The summed E-state index contributed by atoms with van der Waals surface area (Å²) in [6.07, 6.45) is -4.84. The maximum Gasteiger partial charge on any atom is 0.417 e. The Hall–Kier alpha value is -3.06. The Labute approximate surface area is 139 Å². The zero-order valence-electron chi connectivity index (χ0n) is 12.2. The van der Waals surface area contributed by atoms with E-state index in [0.717, 1.165) is 12.1 Å². The van der Waals surface area contributed by atoms with Gasteiger partial charge in [-0.3, -0.25) is 0 Å². The van der Waals surface area contributed by atoms with Gasteiger partial charge in [0, 0.05) is 0 Å². The molecule has 6 nitrogen and oxygen atoms in total. The van der Waals surface area contributed by atoms with E-state index in [4.69, 9.17) is 9.68 Å². The molecule has 0 aliphatic carbocycles. The SMILES string of the molecule is N#Cc1ccc2oc(NS(=O)(=O)c3ccccc3C(F)(F)F)nc2c1. The molecular formula is C15H8F3N3O3S. The summed E-state index contributed by atoms with van der Waals surface area (Å²) in [5, 5.41) is 8.82. The Morgan fingerprint density at radius 3 is 2.56 bits per heavy atom. The minimum atomic E-state index is -4.84. The van der Waals surface area contributed by atoms with Crippen LogP contribution in [0.2, 0.25) is 0 Å². The largest absolute Gasteiger partial charge is 0.423 e. The monoisotopic (exact) mass is 367 g/mol. The van der Waals surface area contributed by atoms with Crippen LogP contribution in [-0.4, -0.2) is 13.4 Å². The van der Waals surface area contributed by atoms with Gasteiger partial charge in [0.15, 0.2) is 5.58 Å². The number of sulfonamides is 1. The molecule has 0 saturated heterocycles. The van der Waals surface area contributed by atoms with Crippen molar-refractivity contribution in [1.82, 2.24) is 4.98 Å². The molecule has 3 aromatic rings. The Morgan fingerprint density at radius 2 is 1.88 bits per heavy atom. The van der Waals surface area contributed by atoms with E-state index in [0.29, 0.717) is 6.07 Å². The summed E-state index contributed by atoms with van der Waals surface area (Å²) in [5.74, 6) is 0. The molecule has 128 valence electrons. The molecule has 0 saturated carbocycles. The van der Waals surface area contributed by atoms with Gasteiger partial charge in [0.25, 0.3) is 10.0 Å². The molecular weight excluding hydrogens is 359 g/mol. The number of halogens is 3. The highest BCUT2D eigenvalue weighted by atomic mass is 32.2. The van der Waals surface area contributed by atoms with Crippen LogP contribution < -0.4 is 4.72 Å². The van der Waals surface area contributed by atoms with Crippen molar-refractivity contribution in [2.45, 2.75) is 11.1 Å². The van der Waals surface area contributed by atoms with Gasteiger partial charge in [-0.2, -0.15) is 23.4 Å². The molecule has 0 spiro atoms. The molecule has 0 radical (unpaired) electrons. The first-order chi connectivity index (χ1) is 11.7. The van der Waals surface area contributed by atoms with Crippen molar-refractivity contribution >= 4 is 27.1 Å². The quantitative estimate of drug-likeness (QED) is 0.764. The lowest BCUT2D eigenvalue weighted by Crippen LogP contribution is -2.19. The number of oxazole rings is 1. The molecule has 1 heterocycles. The van der Waals surface area contributed by atoms with Crippen molar-refractivity contribution in [2.75, 3.05) is 4.72 Å². The molecule has 0 bridgehead atoms. The summed E-state index contributed by atoms with van der Waals surface area (Å²) in [6, 6.07) is 9.35. The lowest BCUT2D eigenvalue weighted by molar-refractivity contribution is -0.139. The molecule has 3 rings (SSSR count). The molecule has 25 heavy (non-hydrogen) atoms. The van der Waals surface area contributed by atoms with Crippen LogP contribution >= 0.6 is 0 Å². The van der Waals surface area contributed by atoms with E-state index in [1.54, 1.807) is 0 Å². The smallest absolute Gasteiger partial charge is 0.417 e. The number of anilines is 1. The maximum atomic E-state index is 13.0. The number of nitrogens with zero attached hydrogens (tertiary/aromatic N) is 2. The van der Waals surface area contributed by atoms with Gasteiger partial charge in [0.2, 0.25) is 0 Å². The summed E-state index contributed by atoms with van der Waals surface area (Å²) in [6.45, 7) is 0. The van der Waals surface area contributed by atoms with Crippen LogP contribution in [0.4, 0.5) is 19.2 Å². The van der Waals surface area contributed by atoms with Crippen LogP contribution in [0, 0.1) is 11.3 Å². The fourth-order valence-electron chi connectivity index (χ4n) is 2.15. The number of hydrogen-bond acceptors (Lipinski definition) is 5. The van der Waals surface area contributed by atoms with Gasteiger partial charge >= 0.3 is 12.2 Å². The zero-order chi connectivity index (χ0) is 18.2. The number of benzene rings is 2. The second kappa shape index (κ2) is 5.78. The average Bonchev–Trinajstić information content (AvgIpc) is 2.94. The van der Waals surface area contributed by atoms with Gasteiger partial charge in [-0.25, -0.2) is 13.1 Å². The highest BCUT2D eigenvalue weighted by Gasteiger charge is 2.37. The molecule has 0 atom stereocenters. The Morgan fingerprint density at radius 1 is 1.16 bits per heavy atom. The summed E-state index contributed by atoms with van der Waals surface area (Å²) in [7, 11) is -4.58. The molecule has 10 heteroatoms. The third kappa shape index (κ3) is 3.27. The van der Waals surface area contributed by atoms with Crippen LogP contribution in [0.25, 0.3) is 11.1 Å². The van der Waals surface area contributed by atoms with Crippen LogP contribution in [0.15, 0.2) is 51.8 Å². The fraction of sp³-hybridized carbons (Fsp3) is 0.0667. The zero-order valence-corrected chi connectivity index (χ0v) is 13.0. The summed E-state index contributed by atoms with van der Waals surface area (Å²) in [5.41, 5.74) is -0.648. The van der Waals surface area contributed by atoms with Crippen molar-refractivity contribution in [3.63, 3.8) is 0 Å². The van der Waals surface area contributed by atoms with Crippen molar-refractivity contribution in [1.29, 1.82) is 5.26 Å². The summed E-state index contributed by atoms with van der Waals surface area (Å²) >= 11 is 0. The van der Waals surface area contributed by atoms with E-state index in [9.17, 15) is 21.6 Å². The maximum absolute atomic E-state index is 13.0. The first kappa shape index (κ1) is 16.8. The predicted molar refractivity (Wildman–Crippen MR) is 81.0 cm³/mol. The van der Waals surface area contributed by atoms with Gasteiger partial charge < -0.3 is 4.42 Å². The molecule has 0 aliphatic rings. The second-order valence-corrected chi connectivity index (χ2v) is 6.56. The van der Waals surface area contributed by atoms with Gasteiger partial charge in [-0.05, 0) is 30.3 Å². The number of nitrogens with one attached hydrogen (secondary N) is 1. The Bertz CT molecular complexity index is 1100. The molecule has 1 aromatic heterocycles.